The second-order valence-corrected chi connectivity index (χ2v) is 5.88. The van der Waals surface area contributed by atoms with Gasteiger partial charge >= 0.3 is 0 Å². The molecular formula is C7H19ClN2Si. The Bertz CT molecular complexity index is 109. The fourth-order valence-corrected chi connectivity index (χ4v) is 1.77. The highest BCUT2D eigenvalue weighted by Crippen LogP contribution is 2.10. The molecule has 0 saturated heterocycles. The van der Waals surface area contributed by atoms with Gasteiger partial charge in [-0.2, -0.15) is 0 Å². The van der Waals surface area contributed by atoms with Gasteiger partial charge in [-0.05, 0) is 20.0 Å². The van der Waals surface area contributed by atoms with Crippen LogP contribution in [0.15, 0.2) is 0 Å². The third-order valence-corrected chi connectivity index (χ3v) is 3.53. The molecule has 11 heavy (non-hydrogen) atoms. The predicted octanol–water partition coefficient (Wildman–Crippen LogP) is -0.148. The minimum atomic E-state index is -0.190. The molecule has 0 spiro atoms. The monoisotopic (exact) mass is 194 g/mol. The van der Waals surface area contributed by atoms with Crippen LogP contribution in [-0.2, 0) is 0 Å². The summed E-state index contributed by atoms with van der Waals surface area (Å²) in [7, 11) is 0.948. The molecule has 2 nitrogen and oxygen atoms in total. The van der Waals surface area contributed by atoms with Crippen LogP contribution in [0.4, 0.5) is 0 Å². The lowest BCUT2D eigenvalue weighted by molar-refractivity contribution is 0.449. The molecule has 0 rings (SSSR count). The SMILES string of the molecule is CCNC(C)C([SiH3])(Cl)NCC. The first kappa shape index (κ1) is 11.4. The van der Waals surface area contributed by atoms with Crippen LogP contribution >= 0.6 is 11.6 Å². The van der Waals surface area contributed by atoms with Crippen molar-refractivity contribution in [2.24, 2.45) is 0 Å². The first-order valence-electron chi connectivity index (χ1n) is 4.22. The van der Waals surface area contributed by atoms with Gasteiger partial charge < -0.3 is 10.6 Å². The summed E-state index contributed by atoms with van der Waals surface area (Å²) in [6.07, 6.45) is 0. The maximum atomic E-state index is 6.25. The molecule has 68 valence electrons. The average Bonchev–Trinajstić information content (AvgIpc) is 1.88. The van der Waals surface area contributed by atoms with Gasteiger partial charge in [-0.1, -0.05) is 13.8 Å². The van der Waals surface area contributed by atoms with E-state index in [0.29, 0.717) is 6.04 Å². The average molecular weight is 195 g/mol. The van der Waals surface area contributed by atoms with Crippen LogP contribution in [0.5, 0.6) is 0 Å². The van der Waals surface area contributed by atoms with Crippen LogP contribution in [0.1, 0.15) is 20.8 Å². The van der Waals surface area contributed by atoms with Crippen LogP contribution in [0.25, 0.3) is 0 Å². The molecule has 2 atom stereocenters. The number of hydrogen-bond donors (Lipinski definition) is 2. The molecule has 0 aliphatic carbocycles. The number of rotatable bonds is 5. The Balaban J connectivity index is 3.83. The van der Waals surface area contributed by atoms with E-state index in [0.717, 1.165) is 23.3 Å². The van der Waals surface area contributed by atoms with E-state index in [4.69, 9.17) is 11.6 Å². The third kappa shape index (κ3) is 4.11. The molecule has 0 aliphatic rings. The van der Waals surface area contributed by atoms with E-state index in [1.807, 2.05) is 0 Å². The normalized spacial score (nSPS) is 19.6. The van der Waals surface area contributed by atoms with Crippen LogP contribution in [0.3, 0.4) is 0 Å². The van der Waals surface area contributed by atoms with Crippen molar-refractivity contribution < 1.29 is 0 Å². The number of hydrogen-bond acceptors (Lipinski definition) is 2. The minimum absolute atomic E-state index is 0.190. The van der Waals surface area contributed by atoms with E-state index < -0.39 is 0 Å². The highest BCUT2D eigenvalue weighted by atomic mass is 35.5. The lowest BCUT2D eigenvalue weighted by atomic mass is 10.3. The number of likely N-dealkylation sites (N-methyl/N-ethyl adjacent to an activating group) is 2. The summed E-state index contributed by atoms with van der Waals surface area (Å²) in [5.74, 6) is 0. The summed E-state index contributed by atoms with van der Waals surface area (Å²) in [6.45, 7) is 8.20. The molecule has 0 radical (unpaired) electrons. The lowest BCUT2D eigenvalue weighted by Gasteiger charge is -2.30. The molecule has 4 heteroatoms. The number of alkyl halides is 1. The second kappa shape index (κ2) is 5.14. The second-order valence-electron chi connectivity index (χ2n) is 2.89. The van der Waals surface area contributed by atoms with E-state index in [-0.39, 0.29) is 4.62 Å². The Morgan fingerprint density at radius 1 is 1.45 bits per heavy atom. The van der Waals surface area contributed by atoms with Crippen LogP contribution in [0, 0.1) is 0 Å². The molecule has 2 unspecified atom stereocenters. The van der Waals surface area contributed by atoms with Gasteiger partial charge in [0.1, 0.15) is 0 Å². The topological polar surface area (TPSA) is 24.1 Å². The molecule has 0 saturated carbocycles. The van der Waals surface area contributed by atoms with Gasteiger partial charge in [-0.3, -0.25) is 0 Å². The first-order valence-corrected chi connectivity index (χ1v) is 5.59. The molecule has 0 fully saturated rings. The predicted molar refractivity (Wildman–Crippen MR) is 55.3 cm³/mol. The van der Waals surface area contributed by atoms with Gasteiger partial charge in [0, 0.05) is 16.3 Å². The summed E-state index contributed by atoms with van der Waals surface area (Å²) in [5, 5.41) is 6.58. The van der Waals surface area contributed by atoms with Crippen molar-refractivity contribution in [2.45, 2.75) is 31.4 Å². The fraction of sp³-hybridized carbons (Fsp3) is 1.00. The summed E-state index contributed by atoms with van der Waals surface area (Å²) < 4.78 is -0.190. The molecule has 0 aromatic rings. The Morgan fingerprint density at radius 2 is 2.00 bits per heavy atom. The maximum absolute atomic E-state index is 6.25. The highest BCUT2D eigenvalue weighted by Gasteiger charge is 2.25. The van der Waals surface area contributed by atoms with Crippen molar-refractivity contribution in [3.05, 3.63) is 0 Å². The van der Waals surface area contributed by atoms with Crippen LogP contribution < -0.4 is 10.6 Å². The van der Waals surface area contributed by atoms with Gasteiger partial charge in [0.15, 0.2) is 0 Å². The Morgan fingerprint density at radius 3 is 2.36 bits per heavy atom. The Kier molecular flexibility index (Phi) is 5.34. The Hall–Kier alpha value is 0.427. The van der Waals surface area contributed by atoms with E-state index in [1.54, 1.807) is 0 Å². The molecule has 0 aliphatic heterocycles. The van der Waals surface area contributed by atoms with E-state index in [9.17, 15) is 0 Å². The van der Waals surface area contributed by atoms with Gasteiger partial charge in [0.2, 0.25) is 0 Å². The lowest BCUT2D eigenvalue weighted by Crippen LogP contribution is -2.55. The Labute approximate surface area is 77.5 Å². The smallest absolute Gasteiger partial charge is 0.0872 e. The maximum Gasteiger partial charge on any atom is 0.0872 e. The first-order chi connectivity index (χ1) is 5.04. The quantitative estimate of drug-likeness (QED) is 0.362. The van der Waals surface area contributed by atoms with Crippen molar-refractivity contribution in [2.75, 3.05) is 13.1 Å². The van der Waals surface area contributed by atoms with E-state index >= 15 is 0 Å². The zero-order valence-corrected chi connectivity index (χ0v) is 10.6. The van der Waals surface area contributed by atoms with Gasteiger partial charge in [0.25, 0.3) is 0 Å². The third-order valence-electron chi connectivity index (χ3n) is 1.85. The van der Waals surface area contributed by atoms with Gasteiger partial charge in [0.05, 0.1) is 4.62 Å². The molecule has 0 aromatic carbocycles. The highest BCUT2D eigenvalue weighted by molar-refractivity contribution is 6.44. The van der Waals surface area contributed by atoms with Crippen molar-refractivity contribution in [1.29, 1.82) is 0 Å². The molecule has 0 aromatic heterocycles. The zero-order valence-electron chi connectivity index (χ0n) is 7.87. The van der Waals surface area contributed by atoms with Gasteiger partial charge in [-0.25, -0.2) is 0 Å². The number of nitrogens with one attached hydrogen (secondary N) is 2. The van der Waals surface area contributed by atoms with Crippen molar-refractivity contribution >= 4 is 21.8 Å². The molecular weight excluding hydrogens is 176 g/mol. The van der Waals surface area contributed by atoms with Crippen LogP contribution in [-0.4, -0.2) is 34.0 Å². The molecule has 2 N–H and O–H groups in total. The van der Waals surface area contributed by atoms with E-state index in [1.165, 1.54) is 0 Å². The summed E-state index contributed by atoms with van der Waals surface area (Å²) >= 11 is 6.25. The van der Waals surface area contributed by atoms with Crippen molar-refractivity contribution in [3.63, 3.8) is 0 Å². The summed E-state index contributed by atoms with van der Waals surface area (Å²) in [4.78, 5) is 0. The largest absolute Gasteiger partial charge is 0.312 e. The van der Waals surface area contributed by atoms with Crippen molar-refractivity contribution in [3.8, 4) is 0 Å². The number of halogens is 1. The zero-order chi connectivity index (χ0) is 8.91. The molecule has 0 amide bonds. The minimum Gasteiger partial charge on any atom is -0.312 e. The van der Waals surface area contributed by atoms with E-state index in [2.05, 4.69) is 31.4 Å². The summed E-state index contributed by atoms with van der Waals surface area (Å²) in [5.41, 5.74) is 0. The summed E-state index contributed by atoms with van der Waals surface area (Å²) in [6, 6.07) is 0.348. The van der Waals surface area contributed by atoms with Gasteiger partial charge in [-0.15, -0.1) is 11.6 Å². The standard InChI is InChI=1S/C7H19ClN2Si/c1-4-9-6(3)7(8,11)10-5-2/h6,9-10H,4-5H2,1-3,11H3. The molecule has 0 heterocycles. The fourth-order valence-electron chi connectivity index (χ4n) is 0.997. The van der Waals surface area contributed by atoms with Crippen molar-refractivity contribution in [1.82, 2.24) is 10.6 Å². The van der Waals surface area contributed by atoms with Crippen LogP contribution in [0.2, 0.25) is 0 Å². The molecule has 0 bridgehead atoms.